The number of benzene rings is 1. The monoisotopic (exact) mass is 254 g/mol. The fourth-order valence-corrected chi connectivity index (χ4v) is 3.27. The summed E-state index contributed by atoms with van der Waals surface area (Å²) >= 11 is 0. The molecule has 94 valence electrons. The van der Waals surface area contributed by atoms with E-state index in [4.69, 9.17) is 5.73 Å². The minimum absolute atomic E-state index is 0.253. The number of hydrogen-bond donors (Lipinski definition) is 2. The molecule has 0 heterocycles. The summed E-state index contributed by atoms with van der Waals surface area (Å²) in [6.45, 7) is 2.37. The van der Waals surface area contributed by atoms with Crippen molar-refractivity contribution in [2.24, 2.45) is 11.7 Å². The lowest BCUT2D eigenvalue weighted by Crippen LogP contribution is -2.42. The van der Waals surface area contributed by atoms with Gasteiger partial charge in [0.2, 0.25) is 10.0 Å². The van der Waals surface area contributed by atoms with Gasteiger partial charge in [-0.25, -0.2) is 13.1 Å². The van der Waals surface area contributed by atoms with Crippen LogP contribution in [0.5, 0.6) is 0 Å². The summed E-state index contributed by atoms with van der Waals surface area (Å²) in [6, 6.07) is 7.17. The predicted octanol–water partition coefficient (Wildman–Crippen LogP) is 1.01. The zero-order chi connectivity index (χ0) is 12.5. The summed E-state index contributed by atoms with van der Waals surface area (Å²) in [5.74, 6) is 0.393. The van der Waals surface area contributed by atoms with Gasteiger partial charge in [-0.15, -0.1) is 0 Å². The van der Waals surface area contributed by atoms with Crippen molar-refractivity contribution in [2.45, 2.75) is 30.7 Å². The molecule has 4 nitrogen and oxygen atoms in total. The third kappa shape index (κ3) is 3.06. The highest BCUT2D eigenvalue weighted by Crippen LogP contribution is 2.25. The summed E-state index contributed by atoms with van der Waals surface area (Å²) in [4.78, 5) is 0.334. The van der Waals surface area contributed by atoms with Crippen LogP contribution in [0.15, 0.2) is 29.2 Å². The molecule has 1 aromatic carbocycles. The Balaban J connectivity index is 1.99. The second kappa shape index (κ2) is 4.76. The van der Waals surface area contributed by atoms with Gasteiger partial charge in [-0.1, -0.05) is 12.1 Å². The number of nitrogens with two attached hydrogens (primary N) is 1. The highest BCUT2D eigenvalue weighted by atomic mass is 32.2. The second-order valence-corrected chi connectivity index (χ2v) is 6.53. The summed E-state index contributed by atoms with van der Waals surface area (Å²) < 4.78 is 26.6. The number of aryl methyl sites for hydroxylation is 1. The third-order valence-electron chi connectivity index (χ3n) is 3.13. The van der Waals surface area contributed by atoms with Crippen LogP contribution in [0.4, 0.5) is 0 Å². The zero-order valence-corrected chi connectivity index (χ0v) is 10.7. The molecule has 0 radical (unpaired) electrons. The molecule has 0 saturated heterocycles. The summed E-state index contributed by atoms with van der Waals surface area (Å²) in [5, 5.41) is 0. The van der Waals surface area contributed by atoms with Crippen molar-refractivity contribution in [3.05, 3.63) is 29.8 Å². The van der Waals surface area contributed by atoms with Crippen LogP contribution in [0, 0.1) is 12.8 Å². The van der Waals surface area contributed by atoms with E-state index < -0.39 is 10.0 Å². The van der Waals surface area contributed by atoms with E-state index in [-0.39, 0.29) is 6.04 Å². The lowest BCUT2D eigenvalue weighted by molar-refractivity contribution is 0.267. The topological polar surface area (TPSA) is 72.2 Å². The van der Waals surface area contributed by atoms with Gasteiger partial charge in [-0.3, -0.25) is 0 Å². The third-order valence-corrected chi connectivity index (χ3v) is 4.56. The molecule has 1 fully saturated rings. The maximum Gasteiger partial charge on any atom is 0.240 e. The molecule has 0 unspecified atom stereocenters. The largest absolute Gasteiger partial charge is 0.328 e. The van der Waals surface area contributed by atoms with E-state index in [0.29, 0.717) is 17.4 Å². The van der Waals surface area contributed by atoms with Crippen LogP contribution >= 0.6 is 0 Å². The van der Waals surface area contributed by atoms with Gasteiger partial charge in [0.05, 0.1) is 4.90 Å². The molecule has 0 aliphatic heterocycles. The van der Waals surface area contributed by atoms with Gasteiger partial charge < -0.3 is 5.73 Å². The first-order valence-corrected chi connectivity index (χ1v) is 7.27. The molecule has 0 bridgehead atoms. The minimum atomic E-state index is -3.36. The summed E-state index contributed by atoms with van der Waals surface area (Å²) in [6.07, 6.45) is 1.83. The van der Waals surface area contributed by atoms with E-state index in [1.165, 1.54) is 0 Å². The highest BCUT2D eigenvalue weighted by Gasteiger charge is 2.27. The molecule has 1 aliphatic carbocycles. The van der Waals surface area contributed by atoms with Crippen molar-refractivity contribution in [3.63, 3.8) is 0 Å². The van der Waals surface area contributed by atoms with Gasteiger partial charge in [-0.2, -0.15) is 0 Å². The Morgan fingerprint density at radius 3 is 2.71 bits per heavy atom. The standard InChI is InChI=1S/C12H18N2O2S/c1-9-3-2-4-12(5-9)17(15,16)14-8-10-6-11(13)7-10/h2-5,10-11,14H,6-8,13H2,1H3. The lowest BCUT2D eigenvalue weighted by atomic mass is 9.81. The van der Waals surface area contributed by atoms with E-state index in [9.17, 15) is 8.42 Å². The van der Waals surface area contributed by atoms with Crippen LogP contribution in [0.3, 0.4) is 0 Å². The van der Waals surface area contributed by atoms with Gasteiger partial charge in [0.15, 0.2) is 0 Å². The molecule has 0 spiro atoms. The minimum Gasteiger partial charge on any atom is -0.328 e. The number of nitrogens with one attached hydrogen (secondary N) is 1. The Bertz CT molecular complexity index is 493. The Kier molecular flexibility index (Phi) is 3.51. The Hall–Kier alpha value is -0.910. The number of hydrogen-bond acceptors (Lipinski definition) is 3. The highest BCUT2D eigenvalue weighted by molar-refractivity contribution is 7.89. The molecule has 0 aromatic heterocycles. The molecule has 0 atom stereocenters. The maximum absolute atomic E-state index is 12.0. The van der Waals surface area contributed by atoms with Gasteiger partial charge >= 0.3 is 0 Å². The van der Waals surface area contributed by atoms with Crippen LogP contribution in [0.1, 0.15) is 18.4 Å². The zero-order valence-electron chi connectivity index (χ0n) is 9.89. The average molecular weight is 254 g/mol. The van der Waals surface area contributed by atoms with E-state index in [1.807, 2.05) is 13.0 Å². The lowest BCUT2D eigenvalue weighted by Gasteiger charge is -2.32. The molecule has 0 amide bonds. The van der Waals surface area contributed by atoms with Crippen molar-refractivity contribution in [1.29, 1.82) is 0 Å². The molecule has 1 aliphatic rings. The smallest absolute Gasteiger partial charge is 0.240 e. The molecule has 17 heavy (non-hydrogen) atoms. The molecular weight excluding hydrogens is 236 g/mol. The van der Waals surface area contributed by atoms with E-state index >= 15 is 0 Å². The fraction of sp³-hybridized carbons (Fsp3) is 0.500. The predicted molar refractivity (Wildman–Crippen MR) is 67.1 cm³/mol. The first-order chi connectivity index (χ1) is 7.97. The first kappa shape index (κ1) is 12.5. The van der Waals surface area contributed by atoms with E-state index in [0.717, 1.165) is 18.4 Å². The average Bonchev–Trinajstić information content (AvgIpc) is 2.23. The number of sulfonamides is 1. The van der Waals surface area contributed by atoms with Crippen molar-refractivity contribution in [1.82, 2.24) is 4.72 Å². The normalized spacial score (nSPS) is 24.4. The Morgan fingerprint density at radius 2 is 2.12 bits per heavy atom. The number of rotatable bonds is 4. The second-order valence-electron chi connectivity index (χ2n) is 4.77. The van der Waals surface area contributed by atoms with Crippen molar-refractivity contribution in [3.8, 4) is 0 Å². The molecule has 3 N–H and O–H groups in total. The molecule has 1 aromatic rings. The molecular formula is C12H18N2O2S. The SMILES string of the molecule is Cc1cccc(S(=O)(=O)NCC2CC(N)C2)c1. The van der Waals surface area contributed by atoms with Gasteiger partial charge in [0.1, 0.15) is 0 Å². The molecule has 1 saturated carbocycles. The summed E-state index contributed by atoms with van der Waals surface area (Å²) in [5.41, 5.74) is 6.61. The van der Waals surface area contributed by atoms with Crippen LogP contribution in [-0.2, 0) is 10.0 Å². The van der Waals surface area contributed by atoms with Crippen molar-refractivity contribution in [2.75, 3.05) is 6.54 Å². The van der Waals surface area contributed by atoms with Gasteiger partial charge in [0.25, 0.3) is 0 Å². The van der Waals surface area contributed by atoms with E-state index in [1.54, 1.807) is 18.2 Å². The van der Waals surface area contributed by atoms with E-state index in [2.05, 4.69) is 4.72 Å². The van der Waals surface area contributed by atoms with Crippen molar-refractivity contribution >= 4 is 10.0 Å². The fourth-order valence-electron chi connectivity index (χ4n) is 2.05. The van der Waals surface area contributed by atoms with Crippen molar-refractivity contribution < 1.29 is 8.42 Å². The molecule has 5 heteroatoms. The molecule has 2 rings (SSSR count). The van der Waals surface area contributed by atoms with Gasteiger partial charge in [0, 0.05) is 12.6 Å². The Morgan fingerprint density at radius 1 is 1.41 bits per heavy atom. The van der Waals surface area contributed by atoms with Crippen LogP contribution in [-0.4, -0.2) is 21.0 Å². The summed E-state index contributed by atoms with van der Waals surface area (Å²) in [7, 11) is -3.36. The maximum atomic E-state index is 12.0. The van der Waals surface area contributed by atoms with Gasteiger partial charge in [-0.05, 0) is 43.4 Å². The van der Waals surface area contributed by atoms with Crippen LogP contribution in [0.2, 0.25) is 0 Å². The van der Waals surface area contributed by atoms with Crippen LogP contribution in [0.25, 0.3) is 0 Å². The Labute approximate surface area is 102 Å². The quantitative estimate of drug-likeness (QED) is 0.842. The van der Waals surface area contributed by atoms with Crippen LogP contribution < -0.4 is 10.5 Å². The first-order valence-electron chi connectivity index (χ1n) is 5.79.